The molecule has 0 aromatic heterocycles. The first-order valence-electron chi connectivity index (χ1n) is 4.69. The summed E-state index contributed by atoms with van der Waals surface area (Å²) in [6, 6.07) is 0. The minimum absolute atomic E-state index is 0.0570. The van der Waals surface area contributed by atoms with Crippen LogP contribution in [-0.4, -0.2) is 59.4 Å². The molecule has 0 bridgehead atoms. The highest BCUT2D eigenvalue weighted by Crippen LogP contribution is 1.92. The lowest BCUT2D eigenvalue weighted by molar-refractivity contribution is -0.142. The summed E-state index contributed by atoms with van der Waals surface area (Å²) in [7, 11) is 0. The Morgan fingerprint density at radius 2 is 1.67 bits per heavy atom. The van der Waals surface area contributed by atoms with Gasteiger partial charge < -0.3 is 14.9 Å². The summed E-state index contributed by atoms with van der Waals surface area (Å²) in [5.41, 5.74) is 0. The predicted octanol–water partition coefficient (Wildman–Crippen LogP) is -0.117. The lowest BCUT2D eigenvalue weighted by Crippen LogP contribution is -2.37. The molecule has 0 rings (SSSR count). The zero-order chi connectivity index (χ0) is 11.8. The molecule has 0 spiro atoms. The molecule has 0 aliphatic rings. The summed E-state index contributed by atoms with van der Waals surface area (Å²) in [6.07, 6.45) is 0.0570. The molecule has 6 nitrogen and oxygen atoms in total. The third-order valence-corrected chi connectivity index (χ3v) is 1.58. The number of carboxylic acids is 2. The van der Waals surface area contributed by atoms with Gasteiger partial charge in [-0.2, -0.15) is 0 Å². The fourth-order valence-electron chi connectivity index (χ4n) is 1.01. The molecule has 0 fully saturated rings. The summed E-state index contributed by atoms with van der Waals surface area (Å²) in [6.45, 7) is 3.79. The summed E-state index contributed by atoms with van der Waals surface area (Å²) in [5.74, 6) is -2.08. The average molecular weight is 219 g/mol. The first-order chi connectivity index (χ1) is 6.91. The number of carboxylic acid groups (broad SMARTS) is 2. The Bertz CT molecular complexity index is 201. The van der Waals surface area contributed by atoms with Gasteiger partial charge in [-0.3, -0.25) is 14.5 Å². The highest BCUT2D eigenvalue weighted by molar-refractivity contribution is 5.72. The van der Waals surface area contributed by atoms with Crippen LogP contribution in [0.2, 0.25) is 0 Å². The molecule has 0 aromatic carbocycles. The Morgan fingerprint density at radius 1 is 1.20 bits per heavy atom. The van der Waals surface area contributed by atoms with E-state index in [2.05, 4.69) is 0 Å². The SMILES string of the molecule is CC(C)OCCN(CC(=O)O)CC(=O)O. The third-order valence-electron chi connectivity index (χ3n) is 1.58. The van der Waals surface area contributed by atoms with Crippen molar-refractivity contribution in [3.8, 4) is 0 Å². The second-order valence-electron chi connectivity index (χ2n) is 3.42. The van der Waals surface area contributed by atoms with Gasteiger partial charge in [0.1, 0.15) is 0 Å². The van der Waals surface area contributed by atoms with Gasteiger partial charge >= 0.3 is 11.9 Å². The van der Waals surface area contributed by atoms with Crippen molar-refractivity contribution in [1.29, 1.82) is 0 Å². The van der Waals surface area contributed by atoms with E-state index in [-0.39, 0.29) is 19.2 Å². The van der Waals surface area contributed by atoms with Crippen molar-refractivity contribution in [2.75, 3.05) is 26.2 Å². The van der Waals surface area contributed by atoms with Crippen LogP contribution < -0.4 is 0 Å². The molecule has 0 aliphatic heterocycles. The standard InChI is InChI=1S/C9H17NO5/c1-7(2)15-4-3-10(5-8(11)12)6-9(13)14/h7H,3-6H2,1-2H3,(H,11,12)(H,13,14). The first kappa shape index (κ1) is 13.9. The first-order valence-corrected chi connectivity index (χ1v) is 4.69. The number of hydrogen-bond acceptors (Lipinski definition) is 4. The Balaban J connectivity index is 3.89. The Kier molecular flexibility index (Phi) is 6.64. The predicted molar refractivity (Wildman–Crippen MR) is 52.8 cm³/mol. The molecule has 0 aliphatic carbocycles. The second kappa shape index (κ2) is 7.19. The lowest BCUT2D eigenvalue weighted by atomic mass is 10.4. The number of carbonyl (C=O) groups is 2. The van der Waals surface area contributed by atoms with E-state index in [0.717, 1.165) is 0 Å². The van der Waals surface area contributed by atoms with Crippen molar-refractivity contribution < 1.29 is 24.5 Å². The quantitative estimate of drug-likeness (QED) is 0.592. The Hall–Kier alpha value is -1.14. The van der Waals surface area contributed by atoms with Gasteiger partial charge in [-0.15, -0.1) is 0 Å². The molecule has 0 aromatic rings. The van der Waals surface area contributed by atoms with Crippen LogP contribution in [0.4, 0.5) is 0 Å². The van der Waals surface area contributed by atoms with Gasteiger partial charge in [0.15, 0.2) is 0 Å². The molecule has 0 saturated carbocycles. The van der Waals surface area contributed by atoms with Gasteiger partial charge in [0, 0.05) is 6.54 Å². The highest BCUT2D eigenvalue weighted by Gasteiger charge is 2.12. The molecular weight excluding hydrogens is 202 g/mol. The molecule has 2 N–H and O–H groups in total. The zero-order valence-corrected chi connectivity index (χ0v) is 8.97. The number of aliphatic carboxylic acids is 2. The van der Waals surface area contributed by atoms with Crippen LogP contribution in [0.15, 0.2) is 0 Å². The van der Waals surface area contributed by atoms with Gasteiger partial charge in [-0.25, -0.2) is 0 Å². The number of ether oxygens (including phenoxy) is 1. The molecule has 0 heterocycles. The summed E-state index contributed by atoms with van der Waals surface area (Å²) < 4.78 is 5.21. The minimum Gasteiger partial charge on any atom is -0.480 e. The second-order valence-corrected chi connectivity index (χ2v) is 3.42. The molecule has 6 heteroatoms. The third kappa shape index (κ3) is 9.17. The van der Waals surface area contributed by atoms with Crippen LogP contribution in [0.3, 0.4) is 0 Å². The van der Waals surface area contributed by atoms with Crippen LogP contribution >= 0.6 is 0 Å². The van der Waals surface area contributed by atoms with Crippen LogP contribution in [-0.2, 0) is 14.3 Å². The molecule has 0 atom stereocenters. The van der Waals surface area contributed by atoms with Crippen molar-refractivity contribution in [3.05, 3.63) is 0 Å². The van der Waals surface area contributed by atoms with E-state index in [1.165, 1.54) is 4.90 Å². The van der Waals surface area contributed by atoms with E-state index in [1.54, 1.807) is 0 Å². The maximum absolute atomic E-state index is 10.4. The highest BCUT2D eigenvalue weighted by atomic mass is 16.5. The van der Waals surface area contributed by atoms with Crippen molar-refractivity contribution in [1.82, 2.24) is 4.90 Å². The van der Waals surface area contributed by atoms with Crippen LogP contribution in [0, 0.1) is 0 Å². The van der Waals surface area contributed by atoms with Crippen molar-refractivity contribution in [2.24, 2.45) is 0 Å². The van der Waals surface area contributed by atoms with E-state index in [1.807, 2.05) is 13.8 Å². The van der Waals surface area contributed by atoms with Crippen LogP contribution in [0.1, 0.15) is 13.8 Å². The van der Waals surface area contributed by atoms with Gasteiger partial charge in [-0.05, 0) is 13.8 Å². The average Bonchev–Trinajstić information content (AvgIpc) is 2.00. The maximum atomic E-state index is 10.4. The Labute approximate surface area is 88.4 Å². The topological polar surface area (TPSA) is 87.1 Å². The largest absolute Gasteiger partial charge is 0.480 e. The molecule has 0 unspecified atom stereocenters. The van der Waals surface area contributed by atoms with Crippen molar-refractivity contribution >= 4 is 11.9 Å². The molecule has 0 radical (unpaired) electrons. The molecular formula is C9H17NO5. The molecule has 0 amide bonds. The lowest BCUT2D eigenvalue weighted by Gasteiger charge is -2.18. The monoisotopic (exact) mass is 219 g/mol. The van der Waals surface area contributed by atoms with Gasteiger partial charge in [-0.1, -0.05) is 0 Å². The van der Waals surface area contributed by atoms with E-state index in [4.69, 9.17) is 14.9 Å². The number of hydrogen-bond donors (Lipinski definition) is 2. The van der Waals surface area contributed by atoms with Gasteiger partial charge in [0.25, 0.3) is 0 Å². The summed E-state index contributed by atoms with van der Waals surface area (Å²) >= 11 is 0. The zero-order valence-electron chi connectivity index (χ0n) is 8.97. The molecule has 0 saturated heterocycles. The van der Waals surface area contributed by atoms with Gasteiger partial charge in [0.05, 0.1) is 25.8 Å². The Morgan fingerprint density at radius 3 is 2.00 bits per heavy atom. The van der Waals surface area contributed by atoms with Crippen molar-refractivity contribution in [3.63, 3.8) is 0 Å². The van der Waals surface area contributed by atoms with Crippen LogP contribution in [0.5, 0.6) is 0 Å². The van der Waals surface area contributed by atoms with Crippen LogP contribution in [0.25, 0.3) is 0 Å². The molecule has 15 heavy (non-hydrogen) atoms. The van der Waals surface area contributed by atoms with E-state index < -0.39 is 11.9 Å². The fourth-order valence-corrected chi connectivity index (χ4v) is 1.01. The van der Waals surface area contributed by atoms with E-state index >= 15 is 0 Å². The summed E-state index contributed by atoms with van der Waals surface area (Å²) in [4.78, 5) is 22.1. The number of nitrogens with zero attached hydrogens (tertiary/aromatic N) is 1. The van der Waals surface area contributed by atoms with Gasteiger partial charge in [0.2, 0.25) is 0 Å². The summed E-state index contributed by atoms with van der Waals surface area (Å²) in [5, 5.41) is 17.1. The smallest absolute Gasteiger partial charge is 0.317 e. The fraction of sp³-hybridized carbons (Fsp3) is 0.778. The van der Waals surface area contributed by atoms with E-state index in [0.29, 0.717) is 13.2 Å². The molecule has 88 valence electrons. The van der Waals surface area contributed by atoms with E-state index in [9.17, 15) is 9.59 Å². The maximum Gasteiger partial charge on any atom is 0.317 e. The number of rotatable bonds is 8. The van der Waals surface area contributed by atoms with Crippen molar-refractivity contribution in [2.45, 2.75) is 20.0 Å². The normalized spacial score (nSPS) is 10.9. The minimum atomic E-state index is -1.04.